The summed E-state index contributed by atoms with van der Waals surface area (Å²) in [5, 5.41) is 0. The maximum Gasteiger partial charge on any atom is 0.336 e. The van der Waals surface area contributed by atoms with Crippen LogP contribution in [0.2, 0.25) is 244 Å². The summed E-state index contributed by atoms with van der Waals surface area (Å²) in [7, 11) is -70.1. The van der Waals surface area contributed by atoms with Crippen molar-refractivity contribution in [2.24, 2.45) is 0 Å². The van der Waals surface area contributed by atoms with Crippen molar-refractivity contribution in [1.82, 2.24) is 41.1 Å². The number of aromatic nitrogens is 9. The normalized spacial score (nSPS) is 37.4. The average Bonchev–Trinajstić information content (AvgIpc) is 0.783. The summed E-state index contributed by atoms with van der Waals surface area (Å²) in [5.74, 6) is 0. The fourth-order valence-electron chi connectivity index (χ4n) is 19.9. The van der Waals surface area contributed by atoms with Gasteiger partial charge in [0.2, 0.25) is 0 Å². The fraction of sp³-hybridized carbons (Fsp3) is 0.862. The summed E-state index contributed by atoms with van der Waals surface area (Å²) < 4.78 is 194. The lowest BCUT2D eigenvalue weighted by Gasteiger charge is -2.43. The zero-order valence-corrected chi connectivity index (χ0v) is 118. The monoisotopic (exact) mass is 2440 g/mol. The first-order valence-electron chi connectivity index (χ1n) is 49.4. The van der Waals surface area contributed by atoms with Crippen LogP contribution in [0.4, 0.5) is 0 Å². The second kappa shape index (κ2) is 52.2. The van der Waals surface area contributed by atoms with Gasteiger partial charge in [0.05, 0.1) is 0 Å². The van der Waals surface area contributed by atoms with Crippen LogP contribution < -0.4 is 51.2 Å². The van der Waals surface area contributed by atoms with Crippen LogP contribution in [0.5, 0.6) is 0 Å². The Morgan fingerprint density at radius 3 is 0.403 bits per heavy atom. The summed E-state index contributed by atoms with van der Waals surface area (Å²) in [6.07, 6.45) is 2.36. The molecular weight excluding hydrogens is 2290 g/mol. The molecule has 0 radical (unpaired) electrons. The van der Waals surface area contributed by atoms with Crippen molar-refractivity contribution in [1.29, 1.82) is 0 Å². The molecule has 139 heavy (non-hydrogen) atoms. The Balaban J connectivity index is 0.887. The predicted molar refractivity (Wildman–Crippen MR) is 589 cm³/mol. The van der Waals surface area contributed by atoms with Crippen LogP contribution in [0.25, 0.3) is 0 Å². The lowest BCUT2D eigenvalue weighted by atomic mass is 10.4. The lowest BCUT2D eigenvalue weighted by Crippen LogP contribution is -2.59. The van der Waals surface area contributed by atoms with E-state index >= 15 is 14.4 Å². The van der Waals surface area contributed by atoms with Gasteiger partial charge in [-0.3, -0.25) is 0 Å². The summed E-state index contributed by atoms with van der Waals surface area (Å²) >= 11 is 0. The molecule has 7 fully saturated rings. The van der Waals surface area contributed by atoms with Crippen LogP contribution in [0, 0.1) is 0 Å². The number of hydrogen-bond acceptors (Lipinski definition) is 37. The molecule has 0 aromatic carbocycles. The van der Waals surface area contributed by atoms with Crippen LogP contribution >= 0.6 is 0 Å². The maximum absolute atomic E-state index is 15.4. The maximum atomic E-state index is 15.4. The number of rotatable bonds is 36. The molecule has 798 valence electrons. The molecule has 3 aromatic rings. The predicted octanol–water partition coefficient (Wildman–Crippen LogP) is 0.268. The molecule has 18 unspecified atom stereocenters. The minimum Gasteiger partial charge on any atom is -0.420 e. The number of nitrogens with zero attached hydrogens (tertiary/aromatic N) is 9. The van der Waals surface area contributed by atoms with Crippen LogP contribution in [-0.4, -0.2) is 294 Å². The molecule has 0 amide bonds. The van der Waals surface area contributed by atoms with Crippen molar-refractivity contribution in [3.63, 3.8) is 0 Å². The molecule has 18 atom stereocenters. The molecule has 0 aliphatic carbocycles. The van der Waals surface area contributed by atoms with Crippen LogP contribution in [0.1, 0.15) is 57.8 Å². The van der Waals surface area contributed by atoms with Crippen molar-refractivity contribution in [3.05, 3.63) is 94.4 Å². The van der Waals surface area contributed by atoms with Gasteiger partial charge in [0.15, 0.2) is 0 Å². The Morgan fingerprint density at radius 1 is 0.158 bits per heavy atom. The summed E-state index contributed by atoms with van der Waals surface area (Å²) in [6.45, 7) is 55.7. The highest BCUT2D eigenvalue weighted by Gasteiger charge is 2.52. The molecular formula is C65H159N9O37Si28. The second-order valence-electron chi connectivity index (χ2n) is 39.1. The third-order valence-corrected chi connectivity index (χ3v) is 127. The molecule has 0 spiro atoms. The zero-order chi connectivity index (χ0) is 103. The molecule has 46 nitrogen and oxygen atoms in total. The van der Waals surface area contributed by atoms with E-state index in [1.54, 1.807) is 0 Å². The molecule has 3 aromatic heterocycles. The molecule has 0 bridgehead atoms. The average molecular weight is 2450 g/mol. The Hall–Kier alpha value is 0.183. The number of hydrogen-bond donors (Lipinski definition) is 0. The van der Waals surface area contributed by atoms with Gasteiger partial charge < -0.3 is 115 Å². The van der Waals surface area contributed by atoms with E-state index in [9.17, 15) is 28.8 Å². The first kappa shape index (κ1) is 121. The summed E-state index contributed by atoms with van der Waals surface area (Å²) in [5.41, 5.74) is -6.93. The van der Waals surface area contributed by atoms with E-state index in [0.29, 0.717) is 55.9 Å². The minimum atomic E-state index is -3.45. The first-order chi connectivity index (χ1) is 64.7. The second-order valence-corrected chi connectivity index (χ2v) is 115. The van der Waals surface area contributed by atoms with Crippen LogP contribution in [0.3, 0.4) is 0 Å². The van der Waals surface area contributed by atoms with Gasteiger partial charge in [-0.1, -0.05) is 0 Å². The minimum absolute atomic E-state index is 0.0245. The van der Waals surface area contributed by atoms with Gasteiger partial charge in [-0.15, -0.1) is 0 Å². The van der Waals surface area contributed by atoms with Gasteiger partial charge in [-0.2, -0.15) is 0 Å². The van der Waals surface area contributed by atoms with Gasteiger partial charge in [0, 0.05) is 58.9 Å². The summed E-state index contributed by atoms with van der Waals surface area (Å²) in [4.78, 5) is 135. The highest BCUT2D eigenvalue weighted by molar-refractivity contribution is 6.90. The molecule has 10 rings (SSSR count). The van der Waals surface area contributed by atoms with E-state index in [-0.39, 0.29) is 115 Å². The fourth-order valence-corrected chi connectivity index (χ4v) is 130. The quantitative estimate of drug-likeness (QED) is 0.0705. The standard InChI is InChI=1S/C65H159N9O37Si28/c1-112-84-116(5)96-131(21,97-117(6)85-112)48-30-39-66-57(75)67(40-31-49-132(22)98-118(7)86-113(2)87-119(8)99-132)60(78)71(59(66)77)44-35-53-136(26)104-124(13)92-126(15)106-138(28,110-136)55-37-46-73-62(80)69(42-33-51-134(24)102-122(11)90-115(4)91-123(12)103-134)63(81)74(65(73)83)47-38-56-139(29)107-127(16)93-125(14)105-137(27,111-139)54-36-45-72-61(79)68(41-32-50-133(23)100-120(9)88-114(3)89-121(10)101-133)58(76)70(64(72)82)43-34-52-135(25)108-128(17)94-130(19,20)95-129(18)109-135/h112-129H,30-56H2,1-29H3. The van der Waals surface area contributed by atoms with Gasteiger partial charge in [-0.05, 0) is 302 Å². The smallest absolute Gasteiger partial charge is 0.336 e. The van der Waals surface area contributed by atoms with Gasteiger partial charge in [0.25, 0.3) is 149 Å². The van der Waals surface area contributed by atoms with E-state index < -0.39 is 304 Å². The van der Waals surface area contributed by atoms with Gasteiger partial charge in [-0.25, -0.2) is 84.3 Å². The highest BCUT2D eigenvalue weighted by atomic mass is 28.5. The largest absolute Gasteiger partial charge is 0.420 e. The lowest BCUT2D eigenvalue weighted by molar-refractivity contribution is 0.250. The summed E-state index contributed by atoms with van der Waals surface area (Å²) in [6, 6.07) is 3.11. The molecule has 7 aliphatic rings. The Morgan fingerprint density at radius 2 is 0.266 bits per heavy atom. The molecule has 7 saturated heterocycles. The van der Waals surface area contributed by atoms with Crippen molar-refractivity contribution in [2.75, 3.05) is 0 Å². The van der Waals surface area contributed by atoms with E-state index in [0.717, 1.165) is 41.1 Å². The van der Waals surface area contributed by atoms with E-state index in [1.807, 2.05) is 190 Å². The van der Waals surface area contributed by atoms with E-state index in [2.05, 4.69) is 0 Å². The third-order valence-electron chi connectivity index (χ3n) is 24.7. The van der Waals surface area contributed by atoms with Crippen molar-refractivity contribution in [2.45, 2.75) is 361 Å². The third kappa shape index (κ3) is 35.9. The zero-order valence-electron chi connectivity index (χ0n) is 87.1. The SMILES string of the molecule is C[SiH]1O[SiH](C)O[Si](C)(CCCn2c(=O)n(CCC[Si]3(C)O[SiH](C)O[SiH](C)O[SiH](C)O3)c(=O)n(CCC[Si]3(C)O[SiH](C)O[SiH](C)O[Si](C)(CCCn4c(=O)n(CCC[Si]5(C)O[SiH](C)O[SiH](C)O[SiH](C)O5)c(=O)n(CCC[Si]5(C)O[SiH](C)O[SiH](C)O[Si](C)(CCCn6c(=O)n(CCC[Si]7(C)O[SiH](C)O[SiH](C)O[SiH](C)O7)c(=O)n(CCC[Si]7(C)O[SiH](C)O[Si](C)(C)O[SiH](C)O7)c6=O)O5)c4=O)O3)c2=O)O[SiH](C)O1. The van der Waals surface area contributed by atoms with Gasteiger partial charge in [0.1, 0.15) is 0 Å². The van der Waals surface area contributed by atoms with Crippen molar-refractivity contribution < 1.29 is 115 Å². The van der Waals surface area contributed by atoms with Crippen LogP contribution in [0.15, 0.2) is 43.2 Å². The van der Waals surface area contributed by atoms with Crippen molar-refractivity contribution >= 4 is 253 Å². The Labute approximate surface area is 857 Å². The highest BCUT2D eigenvalue weighted by Crippen LogP contribution is 2.35. The Bertz CT molecular complexity index is 4930. The van der Waals surface area contributed by atoms with Gasteiger partial charge >= 0.3 is 155 Å². The van der Waals surface area contributed by atoms with E-state index in [1.165, 1.54) is 0 Å². The first-order valence-corrected chi connectivity index (χ1v) is 113. The Kier molecular flexibility index (Phi) is 45.5. The van der Waals surface area contributed by atoms with E-state index in [4.69, 9.17) is 115 Å². The van der Waals surface area contributed by atoms with Crippen LogP contribution in [-0.2, 0) is 174 Å². The molecule has 10 heterocycles. The molecule has 74 heteroatoms. The molecule has 0 N–H and O–H groups in total. The van der Waals surface area contributed by atoms with Crippen molar-refractivity contribution in [3.8, 4) is 0 Å². The topological polar surface area (TPSA) is 456 Å². The molecule has 0 saturated carbocycles. The molecule has 7 aliphatic heterocycles.